The minimum Gasteiger partial charge on any atom is -0.404 e. The second kappa shape index (κ2) is 3.43. The number of alkyl halides is 6. The minimum atomic E-state index is -5.82. The third kappa shape index (κ3) is 3.51. The van der Waals surface area contributed by atoms with Crippen LogP contribution in [0.25, 0.3) is 0 Å². The zero-order valence-corrected chi connectivity index (χ0v) is 5.84. The highest BCUT2D eigenvalue weighted by atomic mass is 19.4. The van der Waals surface area contributed by atoms with Gasteiger partial charge in [-0.05, 0) is 6.58 Å². The van der Waals surface area contributed by atoms with Gasteiger partial charge in [-0.3, -0.25) is 0 Å². The summed E-state index contributed by atoms with van der Waals surface area (Å²) in [7, 11) is 0. The predicted octanol–water partition coefficient (Wildman–Crippen LogP) is 2.94. The first-order valence-corrected chi connectivity index (χ1v) is 2.69. The van der Waals surface area contributed by atoms with E-state index in [1.165, 1.54) is 0 Å². The first-order valence-electron chi connectivity index (χ1n) is 2.69. The average Bonchev–Trinajstić information content (AvgIpc) is 1.80. The van der Waals surface area contributed by atoms with Gasteiger partial charge in [0, 0.05) is 0 Å². The summed E-state index contributed by atoms with van der Waals surface area (Å²) in [5.41, 5.74) is 0. The maximum Gasteiger partial charge on any atom is 0.440 e. The first-order chi connectivity index (χ1) is 5.57. The maximum absolute atomic E-state index is 11.9. The van der Waals surface area contributed by atoms with Crippen molar-refractivity contribution in [3.05, 3.63) is 12.6 Å². The fourth-order valence-corrected chi connectivity index (χ4v) is 0.390. The molecule has 0 fully saturated rings. The number of rotatable bonds is 3. The monoisotopic (exact) mass is 212 g/mol. The summed E-state index contributed by atoms with van der Waals surface area (Å²) in [6.45, 7) is 2.10. The second-order valence-electron chi connectivity index (χ2n) is 1.92. The van der Waals surface area contributed by atoms with Crippen molar-refractivity contribution in [2.24, 2.45) is 0 Å². The van der Waals surface area contributed by atoms with Crippen molar-refractivity contribution in [3.63, 3.8) is 0 Å². The van der Waals surface area contributed by atoms with Crippen LogP contribution in [0.4, 0.5) is 30.7 Å². The Morgan fingerprint density at radius 2 is 1.54 bits per heavy atom. The lowest BCUT2D eigenvalue weighted by Gasteiger charge is -2.21. The van der Waals surface area contributed by atoms with E-state index >= 15 is 0 Å². The molecule has 0 heterocycles. The van der Waals surface area contributed by atoms with Crippen molar-refractivity contribution in [3.8, 4) is 0 Å². The molecule has 0 aliphatic carbocycles. The molecule has 1 atom stereocenters. The SMILES string of the molecule is C=C(F)OC(F)(F)C(F)C(F)(F)F. The van der Waals surface area contributed by atoms with E-state index in [9.17, 15) is 30.7 Å². The minimum absolute atomic E-state index is 2.10. The van der Waals surface area contributed by atoms with E-state index in [0.717, 1.165) is 0 Å². The second-order valence-corrected chi connectivity index (χ2v) is 1.92. The van der Waals surface area contributed by atoms with Gasteiger partial charge in [0.1, 0.15) is 0 Å². The van der Waals surface area contributed by atoms with E-state index in [1.807, 2.05) is 0 Å². The molecule has 0 bridgehead atoms. The van der Waals surface area contributed by atoms with Crippen LogP contribution in [0.3, 0.4) is 0 Å². The highest BCUT2D eigenvalue weighted by Crippen LogP contribution is 2.36. The van der Waals surface area contributed by atoms with Gasteiger partial charge < -0.3 is 4.74 Å². The molecule has 0 aliphatic rings. The van der Waals surface area contributed by atoms with Gasteiger partial charge in [-0.2, -0.15) is 26.3 Å². The fraction of sp³-hybridized carbons (Fsp3) is 0.600. The summed E-state index contributed by atoms with van der Waals surface area (Å²) in [4.78, 5) is 0. The molecule has 0 spiro atoms. The van der Waals surface area contributed by atoms with Gasteiger partial charge in [-0.25, -0.2) is 4.39 Å². The molecule has 0 aromatic carbocycles. The average molecular weight is 212 g/mol. The van der Waals surface area contributed by atoms with Crippen molar-refractivity contribution < 1.29 is 35.5 Å². The Labute approximate surface area is 67.8 Å². The van der Waals surface area contributed by atoms with Crippen LogP contribution in [0, 0.1) is 0 Å². The Morgan fingerprint density at radius 1 is 1.15 bits per heavy atom. The molecule has 0 radical (unpaired) electrons. The van der Waals surface area contributed by atoms with Crippen molar-refractivity contribution in [1.29, 1.82) is 0 Å². The van der Waals surface area contributed by atoms with Gasteiger partial charge >= 0.3 is 12.3 Å². The zero-order valence-electron chi connectivity index (χ0n) is 5.84. The Kier molecular flexibility index (Phi) is 3.18. The number of hydrogen-bond acceptors (Lipinski definition) is 1. The molecule has 0 N–H and O–H groups in total. The first kappa shape index (κ1) is 12.0. The summed E-state index contributed by atoms with van der Waals surface area (Å²) in [5.74, 6) is 0. The molecule has 8 heteroatoms. The molecule has 0 amide bonds. The van der Waals surface area contributed by atoms with Crippen LogP contribution in [0.15, 0.2) is 12.6 Å². The van der Waals surface area contributed by atoms with E-state index in [1.54, 1.807) is 0 Å². The van der Waals surface area contributed by atoms with Crippen LogP contribution in [0.1, 0.15) is 0 Å². The van der Waals surface area contributed by atoms with E-state index in [2.05, 4.69) is 11.3 Å². The quantitative estimate of drug-likeness (QED) is 0.516. The normalized spacial score (nSPS) is 15.3. The Bertz CT molecular complexity index is 196. The summed E-state index contributed by atoms with van der Waals surface area (Å²) >= 11 is 0. The maximum atomic E-state index is 11.9. The highest BCUT2D eigenvalue weighted by molar-refractivity contribution is 4.79. The van der Waals surface area contributed by atoms with E-state index in [0.29, 0.717) is 0 Å². The Hall–Kier alpha value is -0.950. The van der Waals surface area contributed by atoms with Gasteiger partial charge in [0.15, 0.2) is 0 Å². The van der Waals surface area contributed by atoms with Crippen LogP contribution in [0.5, 0.6) is 0 Å². The van der Waals surface area contributed by atoms with E-state index in [-0.39, 0.29) is 0 Å². The van der Waals surface area contributed by atoms with Gasteiger partial charge in [-0.15, -0.1) is 0 Å². The van der Waals surface area contributed by atoms with Gasteiger partial charge in [0.25, 0.3) is 12.2 Å². The largest absolute Gasteiger partial charge is 0.440 e. The summed E-state index contributed by atoms with van der Waals surface area (Å²) in [5, 5.41) is 0. The van der Waals surface area contributed by atoms with Crippen LogP contribution in [0.2, 0.25) is 0 Å². The zero-order chi connectivity index (χ0) is 10.9. The molecule has 78 valence electrons. The molecule has 1 unspecified atom stereocenters. The summed E-state index contributed by atoms with van der Waals surface area (Å²) in [6, 6.07) is -2.20. The van der Waals surface area contributed by atoms with Gasteiger partial charge in [0.2, 0.25) is 0 Å². The summed E-state index contributed by atoms with van der Waals surface area (Å²) < 4.78 is 83.8. The smallest absolute Gasteiger partial charge is 0.404 e. The summed E-state index contributed by atoms with van der Waals surface area (Å²) in [6.07, 6.45) is -15.7. The molecule has 13 heavy (non-hydrogen) atoms. The molecule has 0 saturated heterocycles. The lowest BCUT2D eigenvalue weighted by molar-refractivity contribution is -0.328. The van der Waals surface area contributed by atoms with Crippen molar-refractivity contribution in [2.75, 3.05) is 0 Å². The topological polar surface area (TPSA) is 9.23 Å². The molecule has 0 rings (SSSR count). The van der Waals surface area contributed by atoms with Crippen LogP contribution in [-0.2, 0) is 4.74 Å². The van der Waals surface area contributed by atoms with Crippen molar-refractivity contribution in [2.45, 2.75) is 18.5 Å². The van der Waals surface area contributed by atoms with Gasteiger partial charge in [-0.1, -0.05) is 0 Å². The molecule has 0 aliphatic heterocycles. The number of halogens is 7. The Balaban J connectivity index is 4.54. The highest BCUT2D eigenvalue weighted by Gasteiger charge is 2.59. The van der Waals surface area contributed by atoms with Crippen LogP contribution in [-0.4, -0.2) is 18.5 Å². The third-order valence-electron chi connectivity index (χ3n) is 0.829. The third-order valence-corrected chi connectivity index (χ3v) is 0.829. The van der Waals surface area contributed by atoms with Crippen molar-refractivity contribution in [1.82, 2.24) is 0 Å². The van der Waals surface area contributed by atoms with E-state index in [4.69, 9.17) is 0 Å². The van der Waals surface area contributed by atoms with Gasteiger partial charge in [0.05, 0.1) is 0 Å². The predicted molar refractivity (Wildman–Crippen MR) is 27.2 cm³/mol. The van der Waals surface area contributed by atoms with E-state index < -0.39 is 24.5 Å². The Morgan fingerprint density at radius 3 is 1.77 bits per heavy atom. The van der Waals surface area contributed by atoms with Crippen LogP contribution >= 0.6 is 0 Å². The lowest BCUT2D eigenvalue weighted by atomic mass is 10.3. The van der Waals surface area contributed by atoms with Crippen LogP contribution < -0.4 is 0 Å². The number of hydrogen-bond donors (Lipinski definition) is 0. The molecular formula is C5H3F7O. The molecule has 0 aromatic rings. The molecule has 0 aromatic heterocycles. The molecule has 1 nitrogen and oxygen atoms in total. The van der Waals surface area contributed by atoms with Crippen molar-refractivity contribution >= 4 is 0 Å². The molecular weight excluding hydrogens is 209 g/mol. The number of ether oxygens (including phenoxy) is 1. The lowest BCUT2D eigenvalue weighted by Crippen LogP contribution is -2.43. The fourth-order valence-electron chi connectivity index (χ4n) is 0.390. The standard InChI is InChI=1S/C5H3F7O/c1-2(6)13-5(11,12)3(7)4(8,9)10/h3H,1H2. The molecule has 0 saturated carbocycles.